The number of unbranched alkanes of at least 4 members (excludes halogenated alkanes) is 34. The molecule has 0 aliphatic carbocycles. The monoisotopic (exact) mass is 981 g/mol. The van der Waals surface area contributed by atoms with E-state index in [4.69, 9.17) is 14.2 Å². The quantitative estimate of drug-likeness (QED) is 0.0312. The number of ether oxygens (including phenoxy) is 3. The standard InChI is InChI=1S/C57H105FN2O9/c1-3-5-7-9-11-13-15-17-18-19-20-21-22-23-24-25-26-27-28-30-32-34-36-38-44-59-49(52(62)50(61)39-37-35-33-31-29-16-14-12-10-8-6-4-2)45-67-56-55(65)54(64)53(63)51(69-56)46-68-57(66)60-48-42-40-47(58)41-43-48/h40-43,49-56,59,61-65H,3-39,44-46H2,1-2H3,(H,60,66)/t49-,50+,51+,52-,53-,54-,55+,56+/m0/s1. The predicted octanol–water partition coefficient (Wildman–Crippen LogP) is 13.4. The van der Waals surface area contributed by atoms with Crippen LogP contribution in [-0.4, -0.2) is 100 Å². The largest absolute Gasteiger partial charge is 0.446 e. The van der Waals surface area contributed by atoms with Gasteiger partial charge in [-0.3, -0.25) is 5.32 Å². The van der Waals surface area contributed by atoms with Crippen LogP contribution in [-0.2, 0) is 14.2 Å². The van der Waals surface area contributed by atoms with E-state index in [0.717, 1.165) is 38.5 Å². The van der Waals surface area contributed by atoms with Crippen LogP contribution >= 0.6 is 0 Å². The number of aliphatic hydroxyl groups is 5. The highest BCUT2D eigenvalue weighted by Crippen LogP contribution is 2.24. The van der Waals surface area contributed by atoms with Crippen LogP contribution in [0.4, 0.5) is 14.9 Å². The van der Waals surface area contributed by atoms with Crippen molar-refractivity contribution in [1.29, 1.82) is 0 Å². The van der Waals surface area contributed by atoms with E-state index >= 15 is 0 Å². The van der Waals surface area contributed by atoms with Gasteiger partial charge in [0.15, 0.2) is 6.29 Å². The zero-order valence-electron chi connectivity index (χ0n) is 44.0. The Labute approximate surface area is 420 Å². The molecule has 69 heavy (non-hydrogen) atoms. The van der Waals surface area contributed by atoms with Gasteiger partial charge in [0.25, 0.3) is 0 Å². The summed E-state index contributed by atoms with van der Waals surface area (Å²) >= 11 is 0. The van der Waals surface area contributed by atoms with Gasteiger partial charge >= 0.3 is 6.09 Å². The summed E-state index contributed by atoms with van der Waals surface area (Å²) in [6.45, 7) is 4.50. The number of anilines is 1. The molecule has 8 atom stereocenters. The van der Waals surface area contributed by atoms with Gasteiger partial charge in [-0.05, 0) is 43.7 Å². The SMILES string of the molecule is CCCCCCCCCCCCCCCCCCCCCCCCCCN[C@@H](CO[C@@H]1O[C@H](COC(=O)Nc2ccc(F)cc2)[C@H](O)[C@H](O)[C@H]1O)[C@H](O)[C@H](O)CCCCCCCCCCCCCC. The Hall–Kier alpha value is -1.90. The molecule has 1 saturated heterocycles. The molecule has 0 bridgehead atoms. The summed E-state index contributed by atoms with van der Waals surface area (Å²) in [6, 6.07) is 4.41. The van der Waals surface area contributed by atoms with Crippen LogP contribution in [0.15, 0.2) is 24.3 Å². The average molecular weight is 981 g/mol. The van der Waals surface area contributed by atoms with Gasteiger partial charge in [0.1, 0.15) is 36.8 Å². The first-order valence-electron chi connectivity index (χ1n) is 28.8. The Balaban J connectivity index is 1.68. The number of aliphatic hydroxyl groups excluding tert-OH is 5. The fourth-order valence-corrected chi connectivity index (χ4v) is 9.52. The van der Waals surface area contributed by atoms with E-state index < -0.39 is 67.5 Å². The van der Waals surface area contributed by atoms with E-state index in [2.05, 4.69) is 24.5 Å². The molecule has 1 amide bonds. The molecule has 0 spiro atoms. The Bertz CT molecular complexity index is 1300. The van der Waals surface area contributed by atoms with Crippen molar-refractivity contribution in [2.45, 2.75) is 300 Å². The number of hydrogen-bond donors (Lipinski definition) is 7. The van der Waals surface area contributed by atoms with E-state index in [1.807, 2.05) is 0 Å². The third kappa shape index (κ3) is 32.7. The number of hydrogen-bond acceptors (Lipinski definition) is 10. The Kier molecular flexibility index (Phi) is 40.0. The van der Waals surface area contributed by atoms with Crippen LogP contribution < -0.4 is 10.6 Å². The number of halogens is 1. The van der Waals surface area contributed by atoms with Crippen molar-refractivity contribution in [1.82, 2.24) is 5.32 Å². The molecule has 7 N–H and O–H groups in total. The topological polar surface area (TPSA) is 170 Å². The molecule has 1 aromatic carbocycles. The molecule has 2 rings (SSSR count). The Morgan fingerprint density at radius 1 is 0.565 bits per heavy atom. The first-order chi connectivity index (χ1) is 33.7. The molecule has 12 heteroatoms. The van der Waals surface area contributed by atoms with Crippen LogP contribution in [0.5, 0.6) is 0 Å². The number of benzene rings is 1. The fourth-order valence-electron chi connectivity index (χ4n) is 9.52. The van der Waals surface area contributed by atoms with Gasteiger partial charge in [0.2, 0.25) is 0 Å². The lowest BCUT2D eigenvalue weighted by atomic mass is 9.98. The van der Waals surface area contributed by atoms with Gasteiger partial charge in [0.05, 0.1) is 24.9 Å². The summed E-state index contributed by atoms with van der Waals surface area (Å²) < 4.78 is 30.2. The van der Waals surface area contributed by atoms with E-state index in [9.17, 15) is 34.7 Å². The summed E-state index contributed by atoms with van der Waals surface area (Å²) in [5.74, 6) is -0.461. The maximum Gasteiger partial charge on any atom is 0.411 e. The molecule has 0 aromatic heterocycles. The lowest BCUT2D eigenvalue weighted by Gasteiger charge is -2.40. The molecule has 1 aliphatic rings. The van der Waals surface area contributed by atoms with Gasteiger partial charge in [-0.2, -0.15) is 0 Å². The molecular weight excluding hydrogens is 876 g/mol. The number of carbonyl (C=O) groups is 1. The fraction of sp³-hybridized carbons (Fsp3) is 0.877. The van der Waals surface area contributed by atoms with Gasteiger partial charge in [-0.25, -0.2) is 9.18 Å². The van der Waals surface area contributed by atoms with Crippen LogP contribution in [0.1, 0.15) is 251 Å². The molecule has 0 radical (unpaired) electrons. The highest BCUT2D eigenvalue weighted by atomic mass is 19.1. The first kappa shape index (κ1) is 63.2. The molecule has 0 saturated carbocycles. The maximum absolute atomic E-state index is 13.3. The van der Waals surface area contributed by atoms with Crippen molar-refractivity contribution in [3.63, 3.8) is 0 Å². The van der Waals surface area contributed by atoms with Gasteiger partial charge in [-0.15, -0.1) is 0 Å². The van der Waals surface area contributed by atoms with Crippen molar-refractivity contribution in [2.24, 2.45) is 0 Å². The first-order valence-corrected chi connectivity index (χ1v) is 28.8. The second-order valence-corrected chi connectivity index (χ2v) is 20.5. The summed E-state index contributed by atoms with van der Waals surface area (Å²) in [7, 11) is 0. The highest BCUT2D eigenvalue weighted by Gasteiger charge is 2.45. The summed E-state index contributed by atoms with van der Waals surface area (Å²) in [5, 5.41) is 60.4. The molecule has 1 fully saturated rings. The van der Waals surface area contributed by atoms with E-state index in [1.54, 1.807) is 0 Å². The normalized spacial score (nSPS) is 19.7. The van der Waals surface area contributed by atoms with Crippen LogP contribution in [0, 0.1) is 5.82 Å². The van der Waals surface area contributed by atoms with Crippen molar-refractivity contribution >= 4 is 11.8 Å². The number of nitrogens with one attached hydrogen (secondary N) is 2. The highest BCUT2D eigenvalue weighted by molar-refractivity contribution is 5.84. The zero-order chi connectivity index (χ0) is 50.0. The van der Waals surface area contributed by atoms with Crippen molar-refractivity contribution in [3.8, 4) is 0 Å². The number of rotatable bonds is 47. The molecule has 11 nitrogen and oxygen atoms in total. The summed E-state index contributed by atoms with van der Waals surface area (Å²) in [6.07, 6.45) is 36.4. The molecule has 1 aromatic rings. The lowest BCUT2D eigenvalue weighted by molar-refractivity contribution is -0.302. The minimum atomic E-state index is -1.66. The third-order valence-electron chi connectivity index (χ3n) is 14.2. The van der Waals surface area contributed by atoms with Crippen molar-refractivity contribution in [3.05, 3.63) is 30.1 Å². The van der Waals surface area contributed by atoms with Crippen LogP contribution in [0.25, 0.3) is 0 Å². The Morgan fingerprint density at radius 2 is 0.957 bits per heavy atom. The summed E-state index contributed by atoms with van der Waals surface area (Å²) in [4.78, 5) is 12.4. The van der Waals surface area contributed by atoms with E-state index in [0.29, 0.717) is 18.7 Å². The van der Waals surface area contributed by atoms with Gasteiger partial charge in [0, 0.05) is 5.69 Å². The molecule has 0 unspecified atom stereocenters. The zero-order valence-corrected chi connectivity index (χ0v) is 44.0. The van der Waals surface area contributed by atoms with E-state index in [1.165, 1.54) is 217 Å². The number of carbonyl (C=O) groups excluding carboxylic acids is 1. The maximum atomic E-state index is 13.3. The minimum absolute atomic E-state index is 0.154. The summed E-state index contributed by atoms with van der Waals surface area (Å²) in [5.41, 5.74) is 0.298. The minimum Gasteiger partial charge on any atom is -0.446 e. The van der Waals surface area contributed by atoms with Crippen molar-refractivity contribution in [2.75, 3.05) is 25.1 Å². The van der Waals surface area contributed by atoms with Gasteiger partial charge < -0.3 is 45.1 Å². The second-order valence-electron chi connectivity index (χ2n) is 20.5. The molecule has 1 aliphatic heterocycles. The Morgan fingerprint density at radius 3 is 1.38 bits per heavy atom. The molecular formula is C57H105FN2O9. The van der Waals surface area contributed by atoms with Crippen LogP contribution in [0.2, 0.25) is 0 Å². The van der Waals surface area contributed by atoms with Gasteiger partial charge in [-0.1, -0.05) is 239 Å². The second kappa shape index (κ2) is 43.7. The number of amides is 1. The van der Waals surface area contributed by atoms with Crippen molar-refractivity contribution < 1.29 is 48.9 Å². The smallest absolute Gasteiger partial charge is 0.411 e. The third-order valence-corrected chi connectivity index (χ3v) is 14.2. The predicted molar refractivity (Wildman–Crippen MR) is 280 cm³/mol. The molecule has 404 valence electrons. The molecule has 1 heterocycles. The average Bonchev–Trinajstić information content (AvgIpc) is 3.35. The lowest BCUT2D eigenvalue weighted by Crippen LogP contribution is -2.60. The van der Waals surface area contributed by atoms with Crippen LogP contribution in [0.3, 0.4) is 0 Å². The van der Waals surface area contributed by atoms with E-state index in [-0.39, 0.29) is 6.61 Å².